The summed E-state index contributed by atoms with van der Waals surface area (Å²) in [5.41, 5.74) is 0. The third-order valence-electron chi connectivity index (χ3n) is 3.35. The Morgan fingerprint density at radius 1 is 1.29 bits per heavy atom. The van der Waals surface area contributed by atoms with E-state index in [9.17, 15) is 0 Å². The van der Waals surface area contributed by atoms with Crippen LogP contribution in [0.1, 0.15) is 63.6 Å². The Labute approximate surface area is 103 Å². The Balaban J connectivity index is 1.82. The van der Waals surface area contributed by atoms with E-state index in [0.717, 1.165) is 24.7 Å². The Bertz CT molecular complexity index is 329. The Hall–Kier alpha value is -0.900. The molecular weight excluding hydrogens is 214 g/mol. The van der Waals surface area contributed by atoms with Crippen LogP contribution in [0.4, 0.5) is 0 Å². The number of hydrogen-bond donors (Lipinski definition) is 1. The Kier molecular flexibility index (Phi) is 4.54. The topological polar surface area (TPSA) is 51.0 Å². The first kappa shape index (κ1) is 12.6. The van der Waals surface area contributed by atoms with Crippen molar-refractivity contribution in [2.75, 3.05) is 6.54 Å². The maximum absolute atomic E-state index is 5.30. The molecule has 1 saturated carbocycles. The maximum Gasteiger partial charge on any atom is 0.227 e. The van der Waals surface area contributed by atoms with Crippen LogP contribution in [0.2, 0.25) is 0 Å². The third-order valence-corrected chi connectivity index (χ3v) is 3.35. The van der Waals surface area contributed by atoms with Gasteiger partial charge in [-0.05, 0) is 12.8 Å². The van der Waals surface area contributed by atoms with Crippen molar-refractivity contribution in [3.63, 3.8) is 0 Å². The summed E-state index contributed by atoms with van der Waals surface area (Å²) >= 11 is 0. The van der Waals surface area contributed by atoms with Crippen LogP contribution in [0, 0.1) is 0 Å². The number of aromatic nitrogens is 2. The van der Waals surface area contributed by atoms with Crippen molar-refractivity contribution < 1.29 is 4.52 Å². The summed E-state index contributed by atoms with van der Waals surface area (Å²) in [4.78, 5) is 4.51. The van der Waals surface area contributed by atoms with Crippen LogP contribution in [-0.2, 0) is 6.42 Å². The van der Waals surface area contributed by atoms with Gasteiger partial charge in [0.15, 0.2) is 5.82 Å². The molecule has 0 aliphatic heterocycles. The molecule has 0 atom stereocenters. The van der Waals surface area contributed by atoms with E-state index in [1.54, 1.807) is 0 Å². The van der Waals surface area contributed by atoms with Crippen molar-refractivity contribution in [1.29, 1.82) is 0 Å². The van der Waals surface area contributed by atoms with E-state index in [-0.39, 0.29) is 0 Å². The normalized spacial score (nSPS) is 17.8. The first-order valence-electron chi connectivity index (χ1n) is 6.81. The molecule has 0 saturated heterocycles. The summed E-state index contributed by atoms with van der Waals surface area (Å²) in [7, 11) is 0. The highest BCUT2D eigenvalue weighted by atomic mass is 16.5. The lowest BCUT2D eigenvalue weighted by molar-refractivity contribution is 0.355. The van der Waals surface area contributed by atoms with E-state index in [1.807, 2.05) is 0 Å². The molecule has 1 aliphatic rings. The summed E-state index contributed by atoms with van der Waals surface area (Å²) in [6.07, 6.45) is 7.26. The Morgan fingerprint density at radius 2 is 2.06 bits per heavy atom. The molecule has 1 fully saturated rings. The number of rotatable bonds is 5. The van der Waals surface area contributed by atoms with Crippen molar-refractivity contribution >= 4 is 0 Å². The molecule has 96 valence electrons. The zero-order valence-electron chi connectivity index (χ0n) is 10.9. The molecule has 1 N–H and O–H groups in total. The van der Waals surface area contributed by atoms with Gasteiger partial charge in [0.1, 0.15) is 0 Å². The zero-order chi connectivity index (χ0) is 12.1. The maximum atomic E-state index is 5.30. The van der Waals surface area contributed by atoms with E-state index < -0.39 is 0 Å². The SMILES string of the molecule is CC(C)NCCc1nc(C2CCCCC2)no1. The molecule has 1 aliphatic carbocycles. The molecule has 0 amide bonds. The van der Waals surface area contributed by atoms with Crippen LogP contribution < -0.4 is 5.32 Å². The first-order chi connectivity index (χ1) is 8.25. The van der Waals surface area contributed by atoms with Crippen LogP contribution in [0.15, 0.2) is 4.52 Å². The highest BCUT2D eigenvalue weighted by Crippen LogP contribution is 2.30. The second-order valence-corrected chi connectivity index (χ2v) is 5.24. The Morgan fingerprint density at radius 3 is 2.76 bits per heavy atom. The van der Waals surface area contributed by atoms with Crippen LogP contribution in [-0.4, -0.2) is 22.7 Å². The lowest BCUT2D eigenvalue weighted by atomic mass is 9.89. The lowest BCUT2D eigenvalue weighted by Crippen LogP contribution is -2.25. The summed E-state index contributed by atoms with van der Waals surface area (Å²) in [6.45, 7) is 5.19. The molecule has 1 aromatic heterocycles. The van der Waals surface area contributed by atoms with E-state index in [2.05, 4.69) is 29.3 Å². The van der Waals surface area contributed by atoms with Crippen molar-refractivity contribution in [3.8, 4) is 0 Å². The second kappa shape index (κ2) is 6.15. The molecule has 17 heavy (non-hydrogen) atoms. The summed E-state index contributed by atoms with van der Waals surface area (Å²) in [5, 5.41) is 7.48. The van der Waals surface area contributed by atoms with Gasteiger partial charge in [0.2, 0.25) is 5.89 Å². The van der Waals surface area contributed by atoms with Gasteiger partial charge in [0.25, 0.3) is 0 Å². The number of nitrogens with one attached hydrogen (secondary N) is 1. The van der Waals surface area contributed by atoms with Crippen LogP contribution in [0.3, 0.4) is 0 Å². The fourth-order valence-electron chi connectivity index (χ4n) is 2.36. The monoisotopic (exact) mass is 237 g/mol. The molecule has 1 heterocycles. The molecule has 0 unspecified atom stereocenters. The van der Waals surface area contributed by atoms with Crippen LogP contribution >= 0.6 is 0 Å². The quantitative estimate of drug-likeness (QED) is 0.855. The fraction of sp³-hybridized carbons (Fsp3) is 0.846. The minimum absolute atomic E-state index is 0.510. The van der Waals surface area contributed by atoms with Crippen molar-refractivity contribution in [3.05, 3.63) is 11.7 Å². The summed E-state index contributed by atoms with van der Waals surface area (Å²) in [6, 6.07) is 0.510. The molecule has 0 spiro atoms. The summed E-state index contributed by atoms with van der Waals surface area (Å²) < 4.78 is 5.30. The molecule has 0 bridgehead atoms. The van der Waals surface area contributed by atoms with Gasteiger partial charge in [-0.25, -0.2) is 0 Å². The minimum atomic E-state index is 0.510. The third kappa shape index (κ3) is 3.80. The second-order valence-electron chi connectivity index (χ2n) is 5.24. The van der Waals surface area contributed by atoms with Gasteiger partial charge < -0.3 is 9.84 Å². The smallest absolute Gasteiger partial charge is 0.227 e. The van der Waals surface area contributed by atoms with Gasteiger partial charge >= 0.3 is 0 Å². The van der Waals surface area contributed by atoms with Gasteiger partial charge in [-0.15, -0.1) is 0 Å². The summed E-state index contributed by atoms with van der Waals surface area (Å²) in [5.74, 6) is 2.25. The van der Waals surface area contributed by atoms with Gasteiger partial charge in [0, 0.05) is 24.9 Å². The van der Waals surface area contributed by atoms with Gasteiger partial charge in [-0.3, -0.25) is 0 Å². The average Bonchev–Trinajstić information content (AvgIpc) is 2.78. The molecule has 4 nitrogen and oxygen atoms in total. The van der Waals surface area contributed by atoms with Crippen molar-refractivity contribution in [1.82, 2.24) is 15.5 Å². The van der Waals surface area contributed by atoms with E-state index in [0.29, 0.717) is 12.0 Å². The predicted molar refractivity (Wildman–Crippen MR) is 67.0 cm³/mol. The highest BCUT2D eigenvalue weighted by molar-refractivity contribution is 4.97. The predicted octanol–water partition coefficient (Wildman–Crippen LogP) is 2.66. The molecule has 2 rings (SSSR count). The molecular formula is C13H23N3O. The van der Waals surface area contributed by atoms with Gasteiger partial charge in [0.05, 0.1) is 0 Å². The van der Waals surface area contributed by atoms with E-state index in [1.165, 1.54) is 32.1 Å². The lowest BCUT2D eigenvalue weighted by Gasteiger charge is -2.17. The largest absolute Gasteiger partial charge is 0.339 e. The van der Waals surface area contributed by atoms with E-state index >= 15 is 0 Å². The molecule has 0 aromatic carbocycles. The zero-order valence-corrected chi connectivity index (χ0v) is 10.9. The molecule has 1 aromatic rings. The first-order valence-corrected chi connectivity index (χ1v) is 6.81. The standard InChI is InChI=1S/C13H23N3O/c1-10(2)14-9-8-12-15-13(16-17-12)11-6-4-3-5-7-11/h10-11,14H,3-9H2,1-2H3. The number of nitrogens with zero attached hydrogens (tertiary/aromatic N) is 2. The molecule has 0 radical (unpaired) electrons. The van der Waals surface area contributed by atoms with Crippen LogP contribution in [0.25, 0.3) is 0 Å². The van der Waals surface area contributed by atoms with Gasteiger partial charge in [-0.1, -0.05) is 38.3 Å². The van der Waals surface area contributed by atoms with E-state index in [4.69, 9.17) is 4.52 Å². The number of hydrogen-bond acceptors (Lipinski definition) is 4. The van der Waals surface area contributed by atoms with Gasteiger partial charge in [-0.2, -0.15) is 4.98 Å². The average molecular weight is 237 g/mol. The van der Waals surface area contributed by atoms with Crippen molar-refractivity contribution in [2.45, 2.75) is 64.3 Å². The minimum Gasteiger partial charge on any atom is -0.339 e. The van der Waals surface area contributed by atoms with Crippen molar-refractivity contribution in [2.24, 2.45) is 0 Å². The molecule has 4 heteroatoms. The highest BCUT2D eigenvalue weighted by Gasteiger charge is 2.20. The van der Waals surface area contributed by atoms with Crippen LogP contribution in [0.5, 0.6) is 0 Å². The fourth-order valence-corrected chi connectivity index (χ4v) is 2.36.